The van der Waals surface area contributed by atoms with Crippen LogP contribution in [0.25, 0.3) is 11.3 Å². The van der Waals surface area contributed by atoms with Crippen LogP contribution < -0.4 is 4.74 Å². The lowest BCUT2D eigenvalue weighted by Gasteiger charge is -2.20. The average Bonchev–Trinajstić information content (AvgIpc) is 3.01. The van der Waals surface area contributed by atoms with Crippen molar-refractivity contribution in [1.82, 2.24) is 14.9 Å². The summed E-state index contributed by atoms with van der Waals surface area (Å²) in [5, 5.41) is 9.64. The highest BCUT2D eigenvalue weighted by Gasteiger charge is 2.24. The summed E-state index contributed by atoms with van der Waals surface area (Å²) in [6.07, 6.45) is 2.11. The Kier molecular flexibility index (Phi) is 5.65. The Morgan fingerprint density at radius 3 is 2.60 bits per heavy atom. The number of ether oxygens (including phenoxy) is 1. The highest BCUT2D eigenvalue weighted by atomic mass is 16.5. The smallest absolute Gasteiger partial charge is 0.254 e. The number of amides is 1. The van der Waals surface area contributed by atoms with Gasteiger partial charge in [0.1, 0.15) is 17.3 Å². The van der Waals surface area contributed by atoms with E-state index in [-0.39, 0.29) is 11.7 Å². The molecule has 6 heteroatoms. The number of carbonyl (C=O) groups is 1. The maximum Gasteiger partial charge on any atom is 0.254 e. The van der Waals surface area contributed by atoms with Gasteiger partial charge in [-0.15, -0.1) is 0 Å². The van der Waals surface area contributed by atoms with Crippen LogP contribution >= 0.6 is 0 Å². The van der Waals surface area contributed by atoms with Crippen LogP contribution in [0.5, 0.6) is 11.5 Å². The number of carbonyl (C=O) groups excluding carboxylic acids is 1. The van der Waals surface area contributed by atoms with E-state index < -0.39 is 0 Å². The van der Waals surface area contributed by atoms with Crippen LogP contribution in [0.3, 0.4) is 0 Å². The summed E-state index contributed by atoms with van der Waals surface area (Å²) in [6, 6.07) is 14.4. The fourth-order valence-corrected chi connectivity index (χ4v) is 3.81. The molecule has 2 aromatic carbocycles. The molecule has 0 radical (unpaired) electrons. The molecular weight excluding hydrogens is 378 g/mol. The van der Waals surface area contributed by atoms with Gasteiger partial charge in [-0.3, -0.25) is 4.79 Å². The molecule has 0 saturated heterocycles. The van der Waals surface area contributed by atoms with Crippen LogP contribution in [0.15, 0.2) is 48.5 Å². The van der Waals surface area contributed by atoms with Crippen molar-refractivity contribution in [3.8, 4) is 22.8 Å². The van der Waals surface area contributed by atoms with Gasteiger partial charge in [0.2, 0.25) is 0 Å². The lowest BCUT2D eigenvalue weighted by atomic mass is 10.0. The lowest BCUT2D eigenvalue weighted by Crippen LogP contribution is -2.33. The van der Waals surface area contributed by atoms with E-state index >= 15 is 0 Å². The highest BCUT2D eigenvalue weighted by Crippen LogP contribution is 2.28. The lowest BCUT2D eigenvalue weighted by molar-refractivity contribution is 0.0762. The molecule has 1 aliphatic rings. The van der Waals surface area contributed by atoms with Crippen molar-refractivity contribution in [3.63, 3.8) is 0 Å². The van der Waals surface area contributed by atoms with E-state index in [2.05, 4.69) is 0 Å². The number of nitrogens with zero attached hydrogens (tertiary/aromatic N) is 3. The van der Waals surface area contributed by atoms with Crippen molar-refractivity contribution in [2.75, 3.05) is 20.2 Å². The van der Waals surface area contributed by atoms with Crippen molar-refractivity contribution in [3.05, 3.63) is 71.2 Å². The molecule has 1 amide bonds. The molecule has 0 bridgehead atoms. The van der Waals surface area contributed by atoms with E-state index in [4.69, 9.17) is 14.7 Å². The minimum Gasteiger partial charge on any atom is -0.508 e. The quantitative estimate of drug-likeness (QED) is 0.720. The van der Waals surface area contributed by atoms with Gasteiger partial charge in [-0.05, 0) is 48.9 Å². The summed E-state index contributed by atoms with van der Waals surface area (Å²) in [7, 11) is 1.60. The molecule has 4 rings (SSSR count). The molecule has 3 aromatic rings. The maximum atomic E-state index is 13.1. The molecule has 0 saturated carbocycles. The minimum absolute atomic E-state index is 0.00318. The van der Waals surface area contributed by atoms with Crippen LogP contribution in [0.4, 0.5) is 0 Å². The van der Waals surface area contributed by atoms with Gasteiger partial charge in [0.05, 0.1) is 12.8 Å². The summed E-state index contributed by atoms with van der Waals surface area (Å²) in [5.41, 5.74) is 4.56. The number of phenols is 1. The van der Waals surface area contributed by atoms with Crippen molar-refractivity contribution < 1.29 is 14.6 Å². The number of benzene rings is 2. The fourth-order valence-electron chi connectivity index (χ4n) is 3.81. The van der Waals surface area contributed by atoms with E-state index in [0.29, 0.717) is 37.2 Å². The van der Waals surface area contributed by atoms with Gasteiger partial charge in [-0.25, -0.2) is 9.97 Å². The Bertz CT molecular complexity index is 1060. The third-order valence-electron chi connectivity index (χ3n) is 5.45. The van der Waals surface area contributed by atoms with Crippen LogP contribution in [0.2, 0.25) is 0 Å². The van der Waals surface area contributed by atoms with Crippen molar-refractivity contribution in [1.29, 1.82) is 0 Å². The second kappa shape index (κ2) is 8.53. The van der Waals surface area contributed by atoms with Gasteiger partial charge in [-0.2, -0.15) is 0 Å². The van der Waals surface area contributed by atoms with Crippen molar-refractivity contribution in [2.45, 2.75) is 26.2 Å². The summed E-state index contributed by atoms with van der Waals surface area (Å²) < 4.78 is 5.26. The summed E-state index contributed by atoms with van der Waals surface area (Å²) in [5.74, 6) is 1.69. The third-order valence-corrected chi connectivity index (χ3v) is 5.45. The number of methoxy groups -OCH3 is 1. The molecule has 0 fully saturated rings. The van der Waals surface area contributed by atoms with E-state index in [1.165, 1.54) is 0 Å². The number of fused-ring (bicyclic) bond motifs is 1. The maximum absolute atomic E-state index is 13.1. The normalized spacial score (nSPS) is 13.5. The number of hydrogen-bond acceptors (Lipinski definition) is 5. The molecule has 1 aliphatic heterocycles. The SMILES string of the molecule is CCc1nc2c(c(-c3ccc(O)cc3)n1)CCN(C(=O)c1cccc(OC)c1)CC2. The molecule has 6 nitrogen and oxygen atoms in total. The standard InChI is InChI=1S/C24H25N3O3/c1-3-22-25-21-12-14-27(24(29)17-5-4-6-19(15-17)30-2)13-11-20(21)23(26-22)16-7-9-18(28)10-8-16/h4-10,15,28H,3,11-14H2,1-2H3. The molecule has 2 heterocycles. The molecule has 0 atom stereocenters. The monoisotopic (exact) mass is 403 g/mol. The average molecular weight is 403 g/mol. The van der Waals surface area contributed by atoms with Crippen LogP contribution in [-0.4, -0.2) is 46.1 Å². The summed E-state index contributed by atoms with van der Waals surface area (Å²) >= 11 is 0. The fraction of sp³-hybridized carbons (Fsp3) is 0.292. The van der Waals surface area contributed by atoms with E-state index in [9.17, 15) is 9.90 Å². The molecule has 30 heavy (non-hydrogen) atoms. The molecule has 1 N–H and O–H groups in total. The van der Waals surface area contributed by atoms with E-state index in [0.717, 1.165) is 34.8 Å². The van der Waals surface area contributed by atoms with E-state index in [1.807, 2.05) is 42.2 Å². The second-order valence-corrected chi connectivity index (χ2v) is 7.34. The van der Waals surface area contributed by atoms with Crippen molar-refractivity contribution in [2.24, 2.45) is 0 Å². The number of aromatic hydroxyl groups is 1. The first-order valence-electron chi connectivity index (χ1n) is 10.2. The van der Waals surface area contributed by atoms with Crippen LogP contribution in [-0.2, 0) is 19.3 Å². The summed E-state index contributed by atoms with van der Waals surface area (Å²) in [4.78, 5) is 24.5. The van der Waals surface area contributed by atoms with Crippen LogP contribution in [0, 0.1) is 0 Å². The molecular formula is C24H25N3O3. The number of rotatable bonds is 4. The van der Waals surface area contributed by atoms with Gasteiger partial charge in [0, 0.05) is 48.3 Å². The highest BCUT2D eigenvalue weighted by molar-refractivity contribution is 5.94. The molecule has 0 spiro atoms. The van der Waals surface area contributed by atoms with Crippen molar-refractivity contribution >= 4 is 5.91 Å². The third kappa shape index (κ3) is 3.99. The Morgan fingerprint density at radius 2 is 1.87 bits per heavy atom. The zero-order valence-corrected chi connectivity index (χ0v) is 17.3. The largest absolute Gasteiger partial charge is 0.508 e. The predicted molar refractivity (Wildman–Crippen MR) is 115 cm³/mol. The van der Waals surface area contributed by atoms with Gasteiger partial charge < -0.3 is 14.7 Å². The van der Waals surface area contributed by atoms with Gasteiger partial charge >= 0.3 is 0 Å². The second-order valence-electron chi connectivity index (χ2n) is 7.34. The molecule has 154 valence electrons. The minimum atomic E-state index is -0.00318. The zero-order valence-electron chi connectivity index (χ0n) is 17.3. The number of aromatic nitrogens is 2. The van der Waals surface area contributed by atoms with Crippen LogP contribution in [0.1, 0.15) is 34.4 Å². The molecule has 0 aliphatic carbocycles. The van der Waals surface area contributed by atoms with E-state index in [1.54, 1.807) is 25.3 Å². The number of hydrogen-bond donors (Lipinski definition) is 1. The van der Waals surface area contributed by atoms with Gasteiger partial charge in [0.15, 0.2) is 0 Å². The number of phenolic OH excluding ortho intramolecular Hbond substituents is 1. The number of aryl methyl sites for hydroxylation is 1. The first-order chi connectivity index (χ1) is 14.6. The van der Waals surface area contributed by atoms with Gasteiger partial charge in [-0.1, -0.05) is 13.0 Å². The first-order valence-corrected chi connectivity index (χ1v) is 10.2. The Morgan fingerprint density at radius 1 is 1.10 bits per heavy atom. The first kappa shape index (κ1) is 19.9. The zero-order chi connectivity index (χ0) is 21.1. The molecule has 1 aromatic heterocycles. The predicted octanol–water partition coefficient (Wildman–Crippen LogP) is 3.66. The Hall–Kier alpha value is -3.41. The Balaban J connectivity index is 1.65. The van der Waals surface area contributed by atoms with Gasteiger partial charge in [0.25, 0.3) is 5.91 Å². The Labute approximate surface area is 176 Å². The molecule has 0 unspecified atom stereocenters. The topological polar surface area (TPSA) is 75.6 Å². The summed E-state index contributed by atoms with van der Waals surface area (Å²) in [6.45, 7) is 3.25.